The van der Waals surface area contributed by atoms with E-state index in [9.17, 15) is 19.5 Å². The van der Waals surface area contributed by atoms with Gasteiger partial charge in [-0.2, -0.15) is 0 Å². The minimum Gasteiger partial charge on any atom is -0.497 e. The van der Waals surface area contributed by atoms with Crippen molar-refractivity contribution in [2.45, 2.75) is 90.0 Å². The first-order valence-corrected chi connectivity index (χ1v) is 21.3. The Kier molecular flexibility index (Phi) is 11.9. The number of piperazine rings is 1. The Morgan fingerprint density at radius 1 is 1.07 bits per heavy atom. The number of aliphatic hydroxyl groups is 1. The predicted molar refractivity (Wildman–Crippen MR) is 221 cm³/mol. The number of hydrogen-bond donors (Lipinski definition) is 2. The second kappa shape index (κ2) is 16.6. The molecule has 2 bridgehead atoms. The van der Waals surface area contributed by atoms with E-state index < -0.39 is 29.0 Å². The van der Waals surface area contributed by atoms with Gasteiger partial charge in [-0.05, 0) is 79.3 Å². The van der Waals surface area contributed by atoms with Crippen LogP contribution < -0.4 is 15.0 Å². The maximum absolute atomic E-state index is 13.8. The number of para-hydroxylation sites is 1. The number of nitrogens with zero attached hydrogens (tertiary/aromatic N) is 5. The smallest absolute Gasteiger partial charge is 0.316 e. The van der Waals surface area contributed by atoms with E-state index in [1.54, 1.807) is 11.8 Å². The Morgan fingerprint density at radius 2 is 1.81 bits per heavy atom. The first-order valence-electron chi connectivity index (χ1n) is 20.4. The molecule has 3 saturated carbocycles. The van der Waals surface area contributed by atoms with Gasteiger partial charge < -0.3 is 24.8 Å². The highest BCUT2D eigenvalue weighted by molar-refractivity contribution is 8.00. The van der Waals surface area contributed by atoms with Crippen LogP contribution in [-0.2, 0) is 32.2 Å². The molecule has 3 aromatic rings. The van der Waals surface area contributed by atoms with Gasteiger partial charge in [-0.15, -0.1) is 23.4 Å². The number of carbonyl (C=O) groups excluding carboxylic acids is 3. The van der Waals surface area contributed by atoms with Gasteiger partial charge in [0.15, 0.2) is 0 Å². The summed E-state index contributed by atoms with van der Waals surface area (Å²) in [5, 5.41) is 23.4. The Bertz CT molecular complexity index is 1950. The maximum atomic E-state index is 13.8. The zero-order valence-corrected chi connectivity index (χ0v) is 34.8. The molecule has 0 unspecified atom stereocenters. The van der Waals surface area contributed by atoms with Crippen molar-refractivity contribution in [3.63, 3.8) is 0 Å². The molecule has 1 amide bonds. The van der Waals surface area contributed by atoms with Crippen LogP contribution in [0.25, 0.3) is 0 Å². The first kappa shape index (κ1) is 41.0. The molecule has 1 aromatic heterocycles. The molecular weight excluding hydrogens is 741 g/mol. The number of aromatic nitrogens is 3. The molecule has 4 aliphatic rings. The molecule has 0 radical (unpaired) electrons. The van der Waals surface area contributed by atoms with E-state index in [0.29, 0.717) is 25.1 Å². The molecule has 1 saturated heterocycles. The van der Waals surface area contributed by atoms with Crippen molar-refractivity contribution >= 4 is 40.8 Å². The number of ether oxygens (including phenoxy) is 2. The van der Waals surface area contributed by atoms with Gasteiger partial charge in [-0.25, -0.2) is 4.68 Å². The Hall–Kier alpha value is -4.20. The second-order valence-corrected chi connectivity index (χ2v) is 18.3. The van der Waals surface area contributed by atoms with E-state index in [1.807, 2.05) is 55.6 Å². The van der Waals surface area contributed by atoms with E-state index in [4.69, 9.17) is 9.47 Å². The lowest BCUT2D eigenvalue weighted by Crippen LogP contribution is -2.63. The van der Waals surface area contributed by atoms with Crippen LogP contribution in [0.5, 0.6) is 5.75 Å². The molecular formula is C44H58N6O6S. The highest BCUT2D eigenvalue weighted by atomic mass is 32.2. The van der Waals surface area contributed by atoms with Crippen molar-refractivity contribution in [3.05, 3.63) is 73.1 Å². The van der Waals surface area contributed by atoms with Gasteiger partial charge in [0.1, 0.15) is 24.2 Å². The van der Waals surface area contributed by atoms with Crippen LogP contribution in [0.3, 0.4) is 0 Å². The monoisotopic (exact) mass is 798 g/mol. The molecule has 3 aliphatic carbocycles. The number of benzene rings is 2. The number of amides is 1. The molecule has 1 aliphatic heterocycles. The minimum atomic E-state index is -0.719. The van der Waals surface area contributed by atoms with Crippen LogP contribution in [0.4, 0.5) is 11.4 Å². The molecule has 8 atom stereocenters. The molecule has 13 heteroatoms. The van der Waals surface area contributed by atoms with Crippen molar-refractivity contribution in [2.75, 3.05) is 49.3 Å². The third-order valence-corrected chi connectivity index (χ3v) is 15.2. The SMILES string of the molecule is C=C[C@]1(C)C[C@@H](OC(=O)CSc2ccccc2NC(=O)Cn2cc(CN3CCN(c4ccc(OC)cc4)CC3)nn2)[C@]2(C)[C@H](C)CC[C@]3(CCC(=O)[C@H]32)[C@@H](C)[C@@H]1O. The van der Waals surface area contributed by atoms with Gasteiger partial charge in [0.25, 0.3) is 0 Å². The number of carbonyl (C=O) groups is 3. The lowest BCUT2D eigenvalue weighted by Gasteiger charge is -2.61. The largest absolute Gasteiger partial charge is 0.497 e. The van der Waals surface area contributed by atoms with Crippen molar-refractivity contribution in [1.29, 1.82) is 0 Å². The van der Waals surface area contributed by atoms with Crippen LogP contribution >= 0.6 is 11.8 Å². The molecule has 0 spiro atoms. The fourth-order valence-electron chi connectivity index (χ4n) is 10.5. The molecule has 4 fully saturated rings. The number of methoxy groups -OCH3 is 1. The minimum absolute atomic E-state index is 0.00828. The van der Waals surface area contributed by atoms with Gasteiger partial charge in [-0.3, -0.25) is 19.3 Å². The fourth-order valence-corrected chi connectivity index (χ4v) is 11.3. The number of thioether (sulfide) groups is 1. The summed E-state index contributed by atoms with van der Waals surface area (Å²) in [7, 11) is 1.67. The van der Waals surface area contributed by atoms with Crippen LogP contribution in [0, 0.1) is 34.0 Å². The van der Waals surface area contributed by atoms with Gasteiger partial charge >= 0.3 is 5.97 Å². The zero-order chi connectivity index (χ0) is 40.5. The van der Waals surface area contributed by atoms with E-state index in [0.717, 1.165) is 61.8 Å². The normalized spacial score (nSPS) is 31.5. The predicted octanol–water partition coefficient (Wildman–Crippen LogP) is 6.25. The number of anilines is 2. The summed E-state index contributed by atoms with van der Waals surface area (Å²) in [6.07, 6.45) is 5.76. The highest BCUT2D eigenvalue weighted by Gasteiger charge is 2.68. The number of rotatable bonds is 12. The van der Waals surface area contributed by atoms with Crippen molar-refractivity contribution in [2.24, 2.45) is 34.0 Å². The van der Waals surface area contributed by atoms with Crippen LogP contribution in [0.15, 0.2) is 72.3 Å². The lowest BCUT2D eigenvalue weighted by molar-refractivity contribution is -0.205. The third kappa shape index (κ3) is 7.99. The zero-order valence-electron chi connectivity index (χ0n) is 34.0. The summed E-state index contributed by atoms with van der Waals surface area (Å²) in [6, 6.07) is 15.5. The average Bonchev–Trinajstić information content (AvgIpc) is 3.81. The number of hydrogen-bond acceptors (Lipinski definition) is 11. The Labute approximate surface area is 340 Å². The molecule has 306 valence electrons. The standard InChI is InChI=1S/C44H58N6O6S/c1-7-42(4)24-37(43(5)29(2)16-18-44(30(3)41(42)54)19-17-35(51)40(43)44)56-39(53)28-57-36-11-9-8-10-34(36)45-38(52)27-50-26-31(46-47-50)25-48-20-22-49(23-21-48)32-12-14-33(55-6)15-13-32/h7-15,26,29-30,37,40-41,54H,1,16-25,27-28H2,2-6H3,(H,45,52)/t29-,30+,37-,40+,41+,42-,43+,44+/m1/s1. The van der Waals surface area contributed by atoms with Crippen molar-refractivity contribution in [1.82, 2.24) is 19.9 Å². The number of aliphatic hydroxyl groups excluding tert-OH is 1. The molecule has 57 heavy (non-hydrogen) atoms. The van der Waals surface area contributed by atoms with E-state index in [-0.39, 0.29) is 47.2 Å². The molecule has 2 heterocycles. The molecule has 2 aromatic carbocycles. The van der Waals surface area contributed by atoms with Gasteiger partial charge in [0.05, 0.1) is 36.5 Å². The van der Waals surface area contributed by atoms with E-state index in [2.05, 4.69) is 64.9 Å². The third-order valence-electron chi connectivity index (χ3n) is 14.2. The summed E-state index contributed by atoms with van der Waals surface area (Å²) in [5.74, 6) is 0.216. The number of esters is 1. The van der Waals surface area contributed by atoms with Crippen LogP contribution in [0.1, 0.15) is 65.5 Å². The lowest BCUT2D eigenvalue weighted by atomic mass is 9.44. The van der Waals surface area contributed by atoms with Gasteiger partial charge in [0.2, 0.25) is 5.91 Å². The van der Waals surface area contributed by atoms with Crippen LogP contribution in [0.2, 0.25) is 0 Å². The number of Topliss-reactive ketones (excluding diaryl/α,β-unsaturated/α-hetero) is 1. The second-order valence-electron chi connectivity index (χ2n) is 17.3. The van der Waals surface area contributed by atoms with Crippen molar-refractivity contribution in [3.8, 4) is 5.75 Å². The van der Waals surface area contributed by atoms with Crippen LogP contribution in [-0.4, -0.2) is 93.9 Å². The average molecular weight is 799 g/mol. The summed E-state index contributed by atoms with van der Waals surface area (Å²) in [6.45, 7) is 16.8. The number of ketones is 1. The first-order chi connectivity index (χ1) is 27.3. The summed E-state index contributed by atoms with van der Waals surface area (Å²) in [4.78, 5) is 46.2. The van der Waals surface area contributed by atoms with Crippen molar-refractivity contribution < 1.29 is 29.0 Å². The molecule has 12 nitrogen and oxygen atoms in total. The number of nitrogens with one attached hydrogen (secondary N) is 1. The molecule has 2 N–H and O–H groups in total. The summed E-state index contributed by atoms with van der Waals surface area (Å²) < 4.78 is 13.3. The molecule has 7 rings (SSSR count). The Morgan fingerprint density at radius 3 is 2.53 bits per heavy atom. The Balaban J connectivity index is 0.950. The fraction of sp³-hybridized carbons (Fsp3) is 0.568. The highest BCUT2D eigenvalue weighted by Crippen LogP contribution is 2.68. The summed E-state index contributed by atoms with van der Waals surface area (Å²) in [5.41, 5.74) is 0.959. The maximum Gasteiger partial charge on any atom is 0.316 e. The van der Waals surface area contributed by atoms with Gasteiger partial charge in [-0.1, -0.05) is 51.1 Å². The quantitative estimate of drug-likeness (QED) is 0.122. The van der Waals surface area contributed by atoms with E-state index >= 15 is 0 Å². The summed E-state index contributed by atoms with van der Waals surface area (Å²) >= 11 is 1.30. The van der Waals surface area contributed by atoms with Gasteiger partial charge in [0, 0.05) is 66.5 Å². The topological polar surface area (TPSA) is 139 Å². The van der Waals surface area contributed by atoms with E-state index in [1.165, 1.54) is 17.4 Å².